The van der Waals surface area contributed by atoms with Gasteiger partial charge in [-0.3, -0.25) is 24.5 Å². The molecule has 3 aliphatic carbocycles. The summed E-state index contributed by atoms with van der Waals surface area (Å²) in [6, 6.07) is 26.2. The van der Waals surface area contributed by atoms with Gasteiger partial charge in [-0.25, -0.2) is 9.69 Å². The molecular weight excluding hydrogens is 562 g/mol. The van der Waals surface area contributed by atoms with Crippen LogP contribution >= 0.6 is 0 Å². The van der Waals surface area contributed by atoms with Crippen molar-refractivity contribution in [2.75, 3.05) is 16.8 Å². The lowest BCUT2D eigenvalue weighted by molar-refractivity contribution is -0.385. The molecule has 1 aliphatic heterocycles. The quantitative estimate of drug-likeness (QED) is 0.144. The standard InChI is InChI=1S/C34H25N3O7/c1-18-10-13-20(16-26(18)37(42)43)35-27(38)17-44-34(41)19-11-14-21(15-12-19)36-32(39)30-28-22-6-2-3-7-23(22)29(31(30)33(36)40)25-9-5-4-8-24(25)28/h2-16,28-31H,17H2,1H3,(H,35,38)/t28?,29?,30-,31-/m0/s1. The van der Waals surface area contributed by atoms with Crippen LogP contribution in [0.4, 0.5) is 17.1 Å². The maximum absolute atomic E-state index is 13.9. The number of anilines is 2. The topological polar surface area (TPSA) is 136 Å². The second-order valence-corrected chi connectivity index (χ2v) is 11.2. The zero-order valence-corrected chi connectivity index (χ0v) is 23.4. The van der Waals surface area contributed by atoms with E-state index in [-0.39, 0.29) is 40.6 Å². The summed E-state index contributed by atoms with van der Waals surface area (Å²) in [6.07, 6.45) is 0. The van der Waals surface area contributed by atoms with Crippen molar-refractivity contribution in [1.82, 2.24) is 0 Å². The molecule has 4 aromatic carbocycles. The highest BCUT2D eigenvalue weighted by atomic mass is 16.6. The molecule has 8 rings (SSSR count). The van der Waals surface area contributed by atoms with Gasteiger partial charge in [-0.15, -0.1) is 0 Å². The summed E-state index contributed by atoms with van der Waals surface area (Å²) in [4.78, 5) is 64.6. The number of nitrogens with one attached hydrogen (secondary N) is 1. The van der Waals surface area contributed by atoms with Crippen molar-refractivity contribution < 1.29 is 28.8 Å². The summed E-state index contributed by atoms with van der Waals surface area (Å²) in [5, 5.41) is 13.6. The lowest BCUT2D eigenvalue weighted by atomic mass is 9.55. The zero-order valence-electron chi connectivity index (χ0n) is 23.4. The number of hydrogen-bond donors (Lipinski definition) is 1. The summed E-state index contributed by atoms with van der Waals surface area (Å²) >= 11 is 0. The van der Waals surface area contributed by atoms with Crippen LogP contribution in [0.2, 0.25) is 0 Å². The summed E-state index contributed by atoms with van der Waals surface area (Å²) < 4.78 is 5.12. The van der Waals surface area contributed by atoms with Crippen molar-refractivity contribution >= 4 is 40.8 Å². The lowest BCUT2D eigenvalue weighted by Gasteiger charge is -2.45. The van der Waals surface area contributed by atoms with E-state index in [0.717, 1.165) is 22.3 Å². The number of nitrogens with zero attached hydrogens (tertiary/aromatic N) is 2. The van der Waals surface area contributed by atoms with Crippen LogP contribution in [0.15, 0.2) is 91.0 Å². The third-order valence-corrected chi connectivity index (χ3v) is 8.83. The number of nitro benzene ring substituents is 1. The fourth-order valence-electron chi connectivity index (χ4n) is 6.97. The van der Waals surface area contributed by atoms with Crippen molar-refractivity contribution in [3.05, 3.63) is 134 Å². The highest BCUT2D eigenvalue weighted by Crippen LogP contribution is 2.61. The zero-order chi connectivity index (χ0) is 30.7. The minimum atomic E-state index is -0.779. The van der Waals surface area contributed by atoms with Gasteiger partial charge in [-0.05, 0) is 59.5 Å². The van der Waals surface area contributed by atoms with E-state index in [1.165, 1.54) is 47.4 Å². The van der Waals surface area contributed by atoms with Crippen molar-refractivity contribution in [3.8, 4) is 0 Å². The summed E-state index contributed by atoms with van der Waals surface area (Å²) in [7, 11) is 0. The molecule has 1 N–H and O–H groups in total. The van der Waals surface area contributed by atoms with Crippen LogP contribution in [-0.2, 0) is 19.1 Å². The Balaban J connectivity index is 1.06. The Morgan fingerprint density at radius 2 is 1.34 bits per heavy atom. The highest BCUT2D eigenvalue weighted by molar-refractivity contribution is 6.23. The Labute approximate surface area is 251 Å². The SMILES string of the molecule is Cc1ccc(NC(=O)COC(=O)c2ccc(N3C(=O)[C@H]4C5c6ccccc6C(c6ccccc65)[C@@H]4C3=O)cc2)cc1[N+](=O)[O-]. The number of imide groups is 1. The van der Waals surface area contributed by atoms with Crippen molar-refractivity contribution in [3.63, 3.8) is 0 Å². The van der Waals surface area contributed by atoms with Crippen molar-refractivity contribution in [2.24, 2.45) is 11.8 Å². The van der Waals surface area contributed by atoms with E-state index >= 15 is 0 Å². The first kappa shape index (κ1) is 27.2. The largest absolute Gasteiger partial charge is 0.452 e. The fraction of sp³-hybridized carbons (Fsp3) is 0.176. The number of carbonyl (C=O) groups is 4. The van der Waals surface area contributed by atoms with Crippen LogP contribution in [0.3, 0.4) is 0 Å². The first-order chi connectivity index (χ1) is 21.2. The molecule has 10 heteroatoms. The number of ether oxygens (including phenoxy) is 1. The van der Waals surface area contributed by atoms with Gasteiger partial charge >= 0.3 is 5.97 Å². The summed E-state index contributed by atoms with van der Waals surface area (Å²) in [5.41, 5.74) is 5.34. The number of amides is 3. The van der Waals surface area contributed by atoms with Gasteiger partial charge in [-0.1, -0.05) is 54.6 Å². The van der Waals surface area contributed by atoms with Crippen LogP contribution in [0.1, 0.15) is 50.0 Å². The van der Waals surface area contributed by atoms with Crippen LogP contribution in [0.5, 0.6) is 0 Å². The molecule has 3 amide bonds. The van der Waals surface area contributed by atoms with Gasteiger partial charge < -0.3 is 10.1 Å². The molecule has 218 valence electrons. The van der Waals surface area contributed by atoms with E-state index in [1.807, 2.05) is 48.5 Å². The number of rotatable bonds is 6. The van der Waals surface area contributed by atoms with Crippen LogP contribution < -0.4 is 10.2 Å². The Hall–Kier alpha value is -5.64. The van der Waals surface area contributed by atoms with Gasteiger partial charge in [0.1, 0.15) is 0 Å². The third-order valence-electron chi connectivity index (χ3n) is 8.83. The molecule has 10 nitrogen and oxygen atoms in total. The molecule has 2 atom stereocenters. The van der Waals surface area contributed by atoms with Crippen molar-refractivity contribution in [2.45, 2.75) is 18.8 Å². The normalized spacial score (nSPS) is 20.9. The van der Waals surface area contributed by atoms with E-state index in [2.05, 4.69) is 5.32 Å². The predicted octanol–water partition coefficient (Wildman–Crippen LogP) is 5.10. The van der Waals surface area contributed by atoms with E-state index in [4.69, 9.17) is 4.74 Å². The molecule has 0 spiro atoms. The molecule has 1 fully saturated rings. The lowest BCUT2D eigenvalue weighted by Crippen LogP contribution is -2.41. The van der Waals surface area contributed by atoms with Gasteiger partial charge in [0, 0.05) is 29.2 Å². The van der Waals surface area contributed by atoms with Gasteiger partial charge in [-0.2, -0.15) is 0 Å². The first-order valence-corrected chi connectivity index (χ1v) is 14.1. The van der Waals surface area contributed by atoms with Crippen molar-refractivity contribution in [1.29, 1.82) is 0 Å². The number of nitro groups is 1. The number of carbonyl (C=O) groups excluding carboxylic acids is 4. The van der Waals surface area contributed by atoms with Crippen LogP contribution in [-0.4, -0.2) is 35.2 Å². The molecule has 0 aromatic heterocycles. The number of aryl methyl sites for hydroxylation is 1. The molecule has 4 aliphatic rings. The molecule has 2 bridgehead atoms. The van der Waals surface area contributed by atoms with E-state index < -0.39 is 35.2 Å². The smallest absolute Gasteiger partial charge is 0.338 e. The molecule has 0 saturated carbocycles. The molecule has 0 radical (unpaired) electrons. The van der Waals surface area contributed by atoms with Crippen LogP contribution in [0, 0.1) is 28.9 Å². The van der Waals surface area contributed by atoms with E-state index in [1.54, 1.807) is 6.92 Å². The molecule has 1 heterocycles. The molecule has 44 heavy (non-hydrogen) atoms. The van der Waals surface area contributed by atoms with Gasteiger partial charge in [0.15, 0.2) is 6.61 Å². The highest BCUT2D eigenvalue weighted by Gasteiger charge is 2.61. The summed E-state index contributed by atoms with van der Waals surface area (Å²) in [5.74, 6) is -3.44. The Morgan fingerprint density at radius 3 is 1.84 bits per heavy atom. The maximum atomic E-state index is 13.9. The Kier molecular flexibility index (Phi) is 6.35. The Bertz CT molecular complexity index is 1790. The monoisotopic (exact) mass is 587 g/mol. The van der Waals surface area contributed by atoms with Gasteiger partial charge in [0.05, 0.1) is 28.0 Å². The molecule has 4 aromatic rings. The number of esters is 1. The van der Waals surface area contributed by atoms with Gasteiger partial charge in [0.25, 0.3) is 11.6 Å². The molecule has 0 unspecified atom stereocenters. The van der Waals surface area contributed by atoms with Gasteiger partial charge in [0.2, 0.25) is 11.8 Å². The molecular formula is C34H25N3O7. The first-order valence-electron chi connectivity index (χ1n) is 14.1. The Morgan fingerprint density at radius 1 is 0.818 bits per heavy atom. The average molecular weight is 588 g/mol. The minimum absolute atomic E-state index is 0.129. The second-order valence-electron chi connectivity index (χ2n) is 11.2. The van der Waals surface area contributed by atoms with Crippen LogP contribution in [0.25, 0.3) is 0 Å². The third kappa shape index (κ3) is 4.17. The minimum Gasteiger partial charge on any atom is -0.452 e. The molecule has 1 saturated heterocycles. The summed E-state index contributed by atoms with van der Waals surface area (Å²) in [6.45, 7) is 0.972. The number of hydrogen-bond acceptors (Lipinski definition) is 7. The maximum Gasteiger partial charge on any atom is 0.338 e. The number of benzene rings is 4. The van der Waals surface area contributed by atoms with E-state index in [0.29, 0.717) is 11.3 Å². The second kappa shape index (κ2) is 10.3. The predicted molar refractivity (Wildman–Crippen MR) is 159 cm³/mol. The average Bonchev–Trinajstić information content (AvgIpc) is 3.30. The fourth-order valence-corrected chi connectivity index (χ4v) is 6.97. The van der Waals surface area contributed by atoms with E-state index in [9.17, 15) is 29.3 Å².